The summed E-state index contributed by atoms with van der Waals surface area (Å²) in [7, 11) is 2.22. The molecule has 10 heteroatoms. The molecule has 2 aromatic carbocycles. The SMILES string of the molecule is C#C/C=C\c1cc(O)cc(-c2ccc3c(N4CC5CCC(C4)N5)nc(OCC4(CN5CCC6C(C5)CN6C)CC4)nc3c2F)c1CF. The first-order valence-corrected chi connectivity index (χ1v) is 16.9. The molecule has 4 atom stereocenters. The van der Waals surface area contributed by atoms with Crippen LogP contribution in [0.2, 0.25) is 0 Å². The average molecular weight is 641 g/mol. The summed E-state index contributed by atoms with van der Waals surface area (Å²) in [5.74, 6) is 3.10. The van der Waals surface area contributed by atoms with Gasteiger partial charge in [-0.25, -0.2) is 8.78 Å². The third kappa shape index (κ3) is 5.73. The predicted octanol–water partition coefficient (Wildman–Crippen LogP) is 4.99. The lowest BCUT2D eigenvalue weighted by molar-refractivity contribution is -0.0323. The minimum Gasteiger partial charge on any atom is -0.508 e. The van der Waals surface area contributed by atoms with E-state index in [-0.39, 0.29) is 39.4 Å². The van der Waals surface area contributed by atoms with Gasteiger partial charge in [0.25, 0.3) is 0 Å². The fourth-order valence-electron chi connectivity index (χ4n) is 8.55. The number of phenolic OH excluding ortho intramolecular Hbond substituents is 1. The largest absolute Gasteiger partial charge is 0.508 e. The van der Waals surface area contributed by atoms with Crippen molar-refractivity contribution >= 4 is 22.8 Å². The van der Waals surface area contributed by atoms with E-state index >= 15 is 4.39 Å². The molecule has 246 valence electrons. The van der Waals surface area contributed by atoms with Gasteiger partial charge in [-0.3, -0.25) is 0 Å². The molecule has 8 nitrogen and oxygen atoms in total. The van der Waals surface area contributed by atoms with Gasteiger partial charge in [-0.05, 0) is 98.7 Å². The van der Waals surface area contributed by atoms with Crippen molar-refractivity contribution < 1.29 is 18.6 Å². The van der Waals surface area contributed by atoms with E-state index in [0.717, 1.165) is 70.4 Å². The van der Waals surface area contributed by atoms with E-state index in [1.54, 1.807) is 12.1 Å². The van der Waals surface area contributed by atoms with Crippen molar-refractivity contribution in [2.24, 2.45) is 11.3 Å². The number of aromatic hydroxyl groups is 1. The Bertz CT molecular complexity index is 1760. The van der Waals surface area contributed by atoms with Gasteiger partial charge in [-0.2, -0.15) is 9.97 Å². The van der Waals surface area contributed by atoms with E-state index in [1.807, 2.05) is 6.07 Å². The third-order valence-electron chi connectivity index (χ3n) is 11.2. The second-order valence-corrected chi connectivity index (χ2v) is 14.5. The lowest BCUT2D eigenvalue weighted by atomic mass is 9.83. The van der Waals surface area contributed by atoms with Gasteiger partial charge in [-0.1, -0.05) is 12.0 Å². The number of hydrogen-bond acceptors (Lipinski definition) is 8. The summed E-state index contributed by atoms with van der Waals surface area (Å²) >= 11 is 0. The Hall–Kier alpha value is -3.78. The van der Waals surface area contributed by atoms with Crippen LogP contribution >= 0.6 is 0 Å². The van der Waals surface area contributed by atoms with Crippen molar-refractivity contribution in [2.45, 2.75) is 56.9 Å². The fourth-order valence-corrected chi connectivity index (χ4v) is 8.55. The maximum absolute atomic E-state index is 16.7. The summed E-state index contributed by atoms with van der Waals surface area (Å²) < 4.78 is 37.6. The summed E-state index contributed by atoms with van der Waals surface area (Å²) in [4.78, 5) is 16.9. The number of piperazine rings is 1. The normalized spacial score (nSPS) is 26.7. The predicted molar refractivity (Wildman–Crippen MR) is 180 cm³/mol. The number of likely N-dealkylation sites (tertiary alicyclic amines) is 2. The van der Waals surface area contributed by atoms with Gasteiger partial charge >= 0.3 is 6.01 Å². The van der Waals surface area contributed by atoms with Crippen LogP contribution in [0.15, 0.2) is 30.3 Å². The number of fused-ring (bicyclic) bond motifs is 4. The van der Waals surface area contributed by atoms with Crippen LogP contribution < -0.4 is 15.0 Å². The maximum Gasteiger partial charge on any atom is 0.319 e. The molecule has 4 unspecified atom stereocenters. The Balaban J connectivity index is 1.13. The second kappa shape index (κ2) is 12.0. The van der Waals surface area contributed by atoms with Crippen LogP contribution in [0.4, 0.5) is 14.6 Å². The Morgan fingerprint density at radius 3 is 2.62 bits per heavy atom. The summed E-state index contributed by atoms with van der Waals surface area (Å²) in [5.41, 5.74) is 1.23. The number of piperidine rings is 1. The van der Waals surface area contributed by atoms with Gasteiger partial charge in [0.1, 0.15) is 23.8 Å². The third-order valence-corrected chi connectivity index (χ3v) is 11.2. The van der Waals surface area contributed by atoms with Gasteiger partial charge < -0.3 is 29.9 Å². The molecular formula is C37H42F2N6O2. The number of ether oxygens (including phenoxy) is 1. The number of halogens is 2. The van der Waals surface area contributed by atoms with Crippen molar-refractivity contribution in [3.63, 3.8) is 0 Å². The molecule has 4 saturated heterocycles. The Morgan fingerprint density at radius 2 is 1.91 bits per heavy atom. The van der Waals surface area contributed by atoms with Crippen LogP contribution in [0.3, 0.4) is 0 Å². The first-order valence-electron chi connectivity index (χ1n) is 16.9. The van der Waals surface area contributed by atoms with E-state index in [9.17, 15) is 9.50 Å². The lowest BCUT2D eigenvalue weighted by Crippen LogP contribution is -2.62. The van der Waals surface area contributed by atoms with Gasteiger partial charge in [0.15, 0.2) is 5.82 Å². The minimum atomic E-state index is -0.860. The number of phenols is 1. The van der Waals surface area contributed by atoms with Crippen LogP contribution in [-0.2, 0) is 6.67 Å². The molecule has 5 heterocycles. The molecule has 5 fully saturated rings. The highest BCUT2D eigenvalue weighted by molar-refractivity contribution is 5.94. The molecule has 4 aliphatic heterocycles. The number of alkyl halides is 1. The number of nitrogens with one attached hydrogen (secondary N) is 1. The van der Waals surface area contributed by atoms with Crippen LogP contribution in [0.25, 0.3) is 28.1 Å². The Morgan fingerprint density at radius 1 is 1.11 bits per heavy atom. The van der Waals surface area contributed by atoms with E-state index in [1.165, 1.54) is 31.2 Å². The lowest BCUT2D eigenvalue weighted by Gasteiger charge is -2.52. The zero-order chi connectivity index (χ0) is 32.3. The highest BCUT2D eigenvalue weighted by Gasteiger charge is 2.48. The van der Waals surface area contributed by atoms with Crippen LogP contribution in [0.1, 0.15) is 43.2 Å². The monoisotopic (exact) mass is 640 g/mol. The number of aromatic nitrogens is 2. The molecule has 47 heavy (non-hydrogen) atoms. The Labute approximate surface area is 274 Å². The molecule has 0 radical (unpaired) electrons. The average Bonchev–Trinajstić information content (AvgIpc) is 3.75. The highest BCUT2D eigenvalue weighted by Crippen LogP contribution is 2.48. The quantitative estimate of drug-likeness (QED) is 0.317. The summed E-state index contributed by atoms with van der Waals surface area (Å²) in [6.07, 6.45) is 14.0. The number of anilines is 1. The first kappa shape index (κ1) is 30.5. The number of rotatable bonds is 9. The summed E-state index contributed by atoms with van der Waals surface area (Å²) in [5, 5.41) is 14.8. The van der Waals surface area contributed by atoms with E-state index < -0.39 is 12.5 Å². The van der Waals surface area contributed by atoms with Crippen LogP contribution in [0, 0.1) is 29.5 Å². The number of hydrogen-bond donors (Lipinski definition) is 2. The molecule has 2 N–H and O–H groups in total. The van der Waals surface area contributed by atoms with Crippen molar-refractivity contribution in [1.82, 2.24) is 25.1 Å². The van der Waals surface area contributed by atoms with Crippen molar-refractivity contribution in [1.29, 1.82) is 0 Å². The molecule has 1 aromatic heterocycles. The van der Waals surface area contributed by atoms with Gasteiger partial charge in [0, 0.05) is 67.2 Å². The van der Waals surface area contributed by atoms with Gasteiger partial charge in [-0.15, -0.1) is 6.42 Å². The molecule has 0 amide bonds. The summed E-state index contributed by atoms with van der Waals surface area (Å²) in [6, 6.07) is 7.87. The number of nitrogens with zero attached hydrogens (tertiary/aromatic N) is 5. The topological polar surface area (TPSA) is 77.0 Å². The summed E-state index contributed by atoms with van der Waals surface area (Å²) in [6.45, 7) is 5.60. The fraction of sp³-hybridized carbons (Fsp3) is 0.514. The number of benzene rings is 2. The number of terminal acetylenes is 1. The van der Waals surface area contributed by atoms with Crippen LogP contribution in [0.5, 0.6) is 11.8 Å². The molecule has 2 bridgehead atoms. The molecule has 5 aliphatic rings. The molecule has 8 rings (SSSR count). The smallest absolute Gasteiger partial charge is 0.319 e. The van der Waals surface area contributed by atoms with E-state index in [0.29, 0.717) is 35.5 Å². The minimum absolute atomic E-state index is 0.0649. The van der Waals surface area contributed by atoms with E-state index in [4.69, 9.17) is 16.1 Å². The van der Waals surface area contributed by atoms with Crippen molar-refractivity contribution in [3.05, 3.63) is 47.3 Å². The van der Waals surface area contributed by atoms with Crippen molar-refractivity contribution in [2.75, 3.05) is 57.8 Å². The van der Waals surface area contributed by atoms with Gasteiger partial charge in [0.05, 0.1) is 6.61 Å². The highest BCUT2D eigenvalue weighted by atomic mass is 19.1. The first-order chi connectivity index (χ1) is 22.8. The molecule has 1 aliphatic carbocycles. The molecular weight excluding hydrogens is 598 g/mol. The van der Waals surface area contributed by atoms with E-state index in [2.05, 4.69) is 38.0 Å². The molecule has 3 aromatic rings. The van der Waals surface area contributed by atoms with Crippen molar-refractivity contribution in [3.8, 4) is 35.2 Å². The Kier molecular flexibility index (Phi) is 7.82. The zero-order valence-corrected chi connectivity index (χ0v) is 26.9. The standard InChI is InChI=1S/C37H42F2N6O2/c1-3-4-5-23-14-27(46)15-30(31(23)16-38)28-8-9-29-34(33(28)39)41-36(42-35(29)45-19-25-6-7-26(20-45)40-25)47-22-37(11-12-37)21-44-13-10-32-24(18-44)17-43(32)2/h1,4-5,8-9,14-15,24-26,32,40,46H,6-7,10-13,16-22H2,2H3/b5-4-. The zero-order valence-electron chi connectivity index (χ0n) is 26.9. The second-order valence-electron chi connectivity index (χ2n) is 14.5. The van der Waals surface area contributed by atoms with Gasteiger partial charge in [0.2, 0.25) is 0 Å². The van der Waals surface area contributed by atoms with Crippen LogP contribution in [-0.4, -0.2) is 95.9 Å². The maximum atomic E-state index is 16.7. The molecule has 1 saturated carbocycles. The number of allylic oxidation sites excluding steroid dienone is 1. The molecule has 0 spiro atoms.